The van der Waals surface area contributed by atoms with Crippen molar-refractivity contribution in [2.75, 3.05) is 19.8 Å². The van der Waals surface area contributed by atoms with Crippen molar-refractivity contribution >= 4 is 0 Å². The highest BCUT2D eigenvalue weighted by Crippen LogP contribution is 2.28. The van der Waals surface area contributed by atoms with Gasteiger partial charge in [0.2, 0.25) is 0 Å². The molecule has 0 radical (unpaired) electrons. The Morgan fingerprint density at radius 3 is 3.05 bits per heavy atom. The lowest BCUT2D eigenvalue weighted by molar-refractivity contribution is 0.0755. The third kappa shape index (κ3) is 3.42. The summed E-state index contributed by atoms with van der Waals surface area (Å²) in [6.07, 6.45) is 3.64. The lowest BCUT2D eigenvalue weighted by atomic mass is 9.99. The Labute approximate surface area is 131 Å². The minimum absolute atomic E-state index is 0.366. The van der Waals surface area contributed by atoms with Gasteiger partial charge in [0.05, 0.1) is 31.4 Å². The lowest BCUT2D eigenvalue weighted by Gasteiger charge is -2.32. The first-order valence-electron chi connectivity index (χ1n) is 7.96. The third-order valence-electron chi connectivity index (χ3n) is 4.03. The third-order valence-corrected chi connectivity index (χ3v) is 4.03. The molecule has 3 rings (SSSR count). The van der Waals surface area contributed by atoms with Gasteiger partial charge in [-0.3, -0.25) is 4.90 Å². The maximum atomic E-state index is 5.91. The first kappa shape index (κ1) is 15.3. The number of hydrogen-bond donors (Lipinski definition) is 0. The Hall–Kier alpha value is -1.59. The predicted octanol–water partition coefficient (Wildman–Crippen LogP) is 2.79. The molecule has 5 heteroatoms. The van der Waals surface area contributed by atoms with E-state index in [-0.39, 0.29) is 0 Å². The maximum Gasteiger partial charge on any atom is 0.117 e. The van der Waals surface area contributed by atoms with Crippen LogP contribution in [0.25, 0.3) is 0 Å². The highest BCUT2D eigenvalue weighted by atomic mass is 16.5. The molecule has 0 spiro atoms. The van der Waals surface area contributed by atoms with Crippen molar-refractivity contribution in [3.8, 4) is 0 Å². The largest absolute Gasteiger partial charge is 0.468 e. The van der Waals surface area contributed by atoms with Gasteiger partial charge in [-0.15, -0.1) is 0 Å². The molecule has 1 aliphatic heterocycles. The molecule has 22 heavy (non-hydrogen) atoms. The Morgan fingerprint density at radius 1 is 1.45 bits per heavy atom. The fourth-order valence-corrected chi connectivity index (χ4v) is 3.13. The molecule has 1 aliphatic rings. The van der Waals surface area contributed by atoms with Gasteiger partial charge in [0, 0.05) is 38.4 Å². The molecular weight excluding hydrogens is 278 g/mol. The Balaban J connectivity index is 1.70. The second-order valence-corrected chi connectivity index (χ2v) is 6.56. The number of aryl methyl sites for hydroxylation is 1. The fourth-order valence-electron chi connectivity index (χ4n) is 3.13. The van der Waals surface area contributed by atoms with Gasteiger partial charge < -0.3 is 13.7 Å². The molecule has 0 fully saturated rings. The zero-order chi connectivity index (χ0) is 15.5. The summed E-state index contributed by atoms with van der Waals surface area (Å²) in [7, 11) is 2.07. The molecule has 0 N–H and O–H groups in total. The van der Waals surface area contributed by atoms with Crippen LogP contribution in [0.2, 0.25) is 0 Å². The van der Waals surface area contributed by atoms with Gasteiger partial charge in [0.1, 0.15) is 5.76 Å². The van der Waals surface area contributed by atoms with Crippen LogP contribution in [0.5, 0.6) is 0 Å². The summed E-state index contributed by atoms with van der Waals surface area (Å²) in [5.74, 6) is 1.93. The first-order chi connectivity index (χ1) is 10.6. The summed E-state index contributed by atoms with van der Waals surface area (Å²) < 4.78 is 13.5. The van der Waals surface area contributed by atoms with Crippen molar-refractivity contribution in [1.29, 1.82) is 0 Å². The molecule has 2 aromatic rings. The fraction of sp³-hybridized carbons (Fsp3) is 0.588. The lowest BCUT2D eigenvalue weighted by Crippen LogP contribution is -2.36. The average molecular weight is 303 g/mol. The number of ether oxygens (including phenoxy) is 1. The van der Waals surface area contributed by atoms with Gasteiger partial charge in [-0.05, 0) is 18.1 Å². The molecule has 5 nitrogen and oxygen atoms in total. The summed E-state index contributed by atoms with van der Waals surface area (Å²) in [4.78, 5) is 6.95. The highest BCUT2D eigenvalue weighted by molar-refractivity contribution is 5.22. The SMILES string of the molecule is CC(C)COCC1CN(Cc2ccco2)Cc2ncn(C)c21. The van der Waals surface area contributed by atoms with Crippen molar-refractivity contribution < 1.29 is 9.15 Å². The summed E-state index contributed by atoms with van der Waals surface area (Å²) in [6.45, 7) is 8.59. The minimum Gasteiger partial charge on any atom is -0.468 e. The van der Waals surface area contributed by atoms with Crippen molar-refractivity contribution in [2.45, 2.75) is 32.9 Å². The van der Waals surface area contributed by atoms with Gasteiger partial charge in [-0.1, -0.05) is 13.8 Å². The van der Waals surface area contributed by atoms with Crippen LogP contribution in [-0.4, -0.2) is 34.2 Å². The van der Waals surface area contributed by atoms with E-state index in [9.17, 15) is 0 Å². The van der Waals surface area contributed by atoms with Crippen LogP contribution in [-0.2, 0) is 24.9 Å². The van der Waals surface area contributed by atoms with E-state index in [1.54, 1.807) is 6.26 Å². The molecule has 0 bridgehead atoms. The van der Waals surface area contributed by atoms with Gasteiger partial charge in [0.15, 0.2) is 0 Å². The molecule has 2 aromatic heterocycles. The molecule has 3 heterocycles. The molecule has 0 saturated carbocycles. The molecule has 0 amide bonds. The molecular formula is C17H25N3O2. The molecule has 1 unspecified atom stereocenters. The van der Waals surface area contributed by atoms with Crippen molar-refractivity contribution in [3.05, 3.63) is 41.9 Å². The van der Waals surface area contributed by atoms with Crippen molar-refractivity contribution in [3.63, 3.8) is 0 Å². The summed E-state index contributed by atoms with van der Waals surface area (Å²) in [6, 6.07) is 3.97. The van der Waals surface area contributed by atoms with E-state index in [4.69, 9.17) is 9.15 Å². The van der Waals surface area contributed by atoms with Crippen LogP contribution in [0.1, 0.15) is 36.9 Å². The number of nitrogens with zero attached hydrogens (tertiary/aromatic N) is 3. The number of hydrogen-bond acceptors (Lipinski definition) is 4. The molecule has 0 aliphatic carbocycles. The van der Waals surface area contributed by atoms with Gasteiger partial charge in [-0.25, -0.2) is 4.98 Å². The van der Waals surface area contributed by atoms with Crippen LogP contribution in [0, 0.1) is 5.92 Å². The standard InChI is InChI=1S/C17H25N3O2/c1-13(2)10-21-11-14-7-20(8-15-5-4-6-22-15)9-16-17(14)19(3)12-18-16/h4-6,12-14H,7-11H2,1-3H3. The number of rotatable bonds is 6. The molecule has 120 valence electrons. The second kappa shape index (κ2) is 6.67. The molecule has 1 atom stereocenters. The second-order valence-electron chi connectivity index (χ2n) is 6.56. The van der Waals surface area contributed by atoms with E-state index in [0.29, 0.717) is 11.8 Å². The van der Waals surface area contributed by atoms with Crippen LogP contribution in [0.15, 0.2) is 29.1 Å². The normalized spacial score (nSPS) is 18.8. The van der Waals surface area contributed by atoms with E-state index in [2.05, 4.69) is 35.3 Å². The van der Waals surface area contributed by atoms with Crippen LogP contribution >= 0.6 is 0 Å². The van der Waals surface area contributed by atoms with E-state index in [1.165, 1.54) is 11.4 Å². The highest BCUT2D eigenvalue weighted by Gasteiger charge is 2.29. The summed E-state index contributed by atoms with van der Waals surface area (Å²) >= 11 is 0. The minimum atomic E-state index is 0.366. The number of aromatic nitrogens is 2. The van der Waals surface area contributed by atoms with Crippen LogP contribution < -0.4 is 0 Å². The summed E-state index contributed by atoms with van der Waals surface area (Å²) in [5.41, 5.74) is 2.48. The predicted molar refractivity (Wildman–Crippen MR) is 84.4 cm³/mol. The number of furan rings is 1. The monoisotopic (exact) mass is 303 g/mol. The topological polar surface area (TPSA) is 43.4 Å². The van der Waals surface area contributed by atoms with Gasteiger partial charge in [0.25, 0.3) is 0 Å². The van der Waals surface area contributed by atoms with Crippen molar-refractivity contribution in [1.82, 2.24) is 14.5 Å². The zero-order valence-corrected chi connectivity index (χ0v) is 13.7. The average Bonchev–Trinajstić information content (AvgIpc) is 3.09. The Bertz CT molecular complexity index is 589. The van der Waals surface area contributed by atoms with E-state index >= 15 is 0 Å². The van der Waals surface area contributed by atoms with E-state index < -0.39 is 0 Å². The van der Waals surface area contributed by atoms with Crippen LogP contribution in [0.3, 0.4) is 0 Å². The van der Waals surface area contributed by atoms with Crippen LogP contribution in [0.4, 0.5) is 0 Å². The molecule has 0 saturated heterocycles. The van der Waals surface area contributed by atoms with E-state index in [1.807, 2.05) is 18.5 Å². The summed E-state index contributed by atoms with van der Waals surface area (Å²) in [5, 5.41) is 0. The molecule has 0 aromatic carbocycles. The Kier molecular flexibility index (Phi) is 4.64. The van der Waals surface area contributed by atoms with Crippen molar-refractivity contribution in [2.24, 2.45) is 13.0 Å². The van der Waals surface area contributed by atoms with Gasteiger partial charge >= 0.3 is 0 Å². The van der Waals surface area contributed by atoms with E-state index in [0.717, 1.165) is 38.6 Å². The smallest absolute Gasteiger partial charge is 0.117 e. The maximum absolute atomic E-state index is 5.91. The number of imidazole rings is 1. The zero-order valence-electron chi connectivity index (χ0n) is 13.7. The number of fused-ring (bicyclic) bond motifs is 1. The van der Waals surface area contributed by atoms with Gasteiger partial charge in [-0.2, -0.15) is 0 Å². The quantitative estimate of drug-likeness (QED) is 0.823. The first-order valence-corrected chi connectivity index (χ1v) is 7.96. The Morgan fingerprint density at radius 2 is 2.32 bits per heavy atom.